The number of aryl methyl sites for hydroxylation is 1. The molecule has 0 saturated carbocycles. The fraction of sp³-hybridized carbons (Fsp3) is 0.0667. The van der Waals surface area contributed by atoms with Crippen LogP contribution < -0.4 is 0 Å². The zero-order valence-electron chi connectivity index (χ0n) is 9.82. The van der Waals surface area contributed by atoms with Gasteiger partial charge in [0.1, 0.15) is 0 Å². The Kier molecular flexibility index (Phi) is 2.81. The van der Waals surface area contributed by atoms with Crippen molar-refractivity contribution in [2.75, 3.05) is 0 Å². The summed E-state index contributed by atoms with van der Waals surface area (Å²) in [6.07, 6.45) is 0. The van der Waals surface area contributed by atoms with Crippen molar-refractivity contribution in [3.63, 3.8) is 0 Å². The van der Waals surface area contributed by atoms with E-state index in [2.05, 4.69) is 22.8 Å². The van der Waals surface area contributed by atoms with E-state index in [0.29, 0.717) is 10.0 Å². The number of hydrogen-bond acceptors (Lipinski definition) is 0. The zero-order valence-corrected chi connectivity index (χ0v) is 11.3. The summed E-state index contributed by atoms with van der Waals surface area (Å²) in [7, 11) is 2.04. The summed E-state index contributed by atoms with van der Waals surface area (Å²) in [6.45, 7) is 0. The smallest absolute Gasteiger partial charge is 0.0685 e. The number of hydrogen-bond donors (Lipinski definition) is 0. The van der Waals surface area contributed by atoms with Gasteiger partial charge in [0.15, 0.2) is 0 Å². The van der Waals surface area contributed by atoms with Crippen molar-refractivity contribution in [2.45, 2.75) is 0 Å². The summed E-state index contributed by atoms with van der Waals surface area (Å²) in [5, 5.41) is 2.38. The van der Waals surface area contributed by atoms with E-state index >= 15 is 0 Å². The summed E-state index contributed by atoms with van der Waals surface area (Å²) >= 11 is 12.4. The highest BCUT2D eigenvalue weighted by atomic mass is 35.5. The lowest BCUT2D eigenvalue weighted by Crippen LogP contribution is -1.91. The molecular weight excluding hydrogens is 265 g/mol. The third-order valence-electron chi connectivity index (χ3n) is 3.18. The Balaban J connectivity index is 2.32. The first kappa shape index (κ1) is 11.6. The Morgan fingerprint density at radius 3 is 2.50 bits per heavy atom. The molecule has 0 spiro atoms. The first-order chi connectivity index (χ1) is 8.68. The Morgan fingerprint density at radius 1 is 0.944 bits per heavy atom. The van der Waals surface area contributed by atoms with Gasteiger partial charge < -0.3 is 4.57 Å². The number of aromatic nitrogens is 1. The van der Waals surface area contributed by atoms with Gasteiger partial charge in [0.2, 0.25) is 0 Å². The Labute approximate surface area is 116 Å². The van der Waals surface area contributed by atoms with Crippen LogP contribution in [0.25, 0.3) is 22.2 Å². The molecule has 3 heteroatoms. The molecular formula is C15H11Cl2N. The van der Waals surface area contributed by atoms with Gasteiger partial charge >= 0.3 is 0 Å². The van der Waals surface area contributed by atoms with Crippen LogP contribution in [0.3, 0.4) is 0 Å². The molecule has 0 radical (unpaired) electrons. The molecule has 1 nitrogen and oxygen atoms in total. The number of benzene rings is 2. The van der Waals surface area contributed by atoms with Crippen molar-refractivity contribution in [1.29, 1.82) is 0 Å². The predicted octanol–water partition coefficient (Wildman–Crippen LogP) is 5.15. The topological polar surface area (TPSA) is 4.93 Å². The Morgan fingerprint density at radius 2 is 1.72 bits per heavy atom. The van der Waals surface area contributed by atoms with Crippen LogP contribution in [-0.4, -0.2) is 4.57 Å². The minimum absolute atomic E-state index is 0.583. The lowest BCUT2D eigenvalue weighted by Gasteiger charge is -2.07. The quantitative estimate of drug-likeness (QED) is 0.579. The molecule has 0 aliphatic carbocycles. The van der Waals surface area contributed by atoms with Gasteiger partial charge in [-0.15, -0.1) is 0 Å². The van der Waals surface area contributed by atoms with Gasteiger partial charge in [-0.25, -0.2) is 0 Å². The van der Waals surface area contributed by atoms with E-state index in [0.717, 1.165) is 11.3 Å². The molecule has 1 heterocycles. The highest BCUT2D eigenvalue weighted by Crippen LogP contribution is 2.35. The molecule has 0 aliphatic rings. The summed E-state index contributed by atoms with van der Waals surface area (Å²) in [6, 6.07) is 16.1. The standard InChI is InChI=1S/C15H11Cl2N/c1-18-13-8-3-2-5-10(13)9-14(18)11-6-4-7-12(16)15(11)17/h2-9H,1H3. The van der Waals surface area contributed by atoms with Gasteiger partial charge in [0.05, 0.1) is 15.7 Å². The van der Waals surface area contributed by atoms with Crippen molar-refractivity contribution >= 4 is 34.1 Å². The van der Waals surface area contributed by atoms with Crippen LogP contribution in [0.5, 0.6) is 0 Å². The molecule has 0 bridgehead atoms. The van der Waals surface area contributed by atoms with E-state index < -0.39 is 0 Å². The van der Waals surface area contributed by atoms with Gasteiger partial charge in [0.25, 0.3) is 0 Å². The fourth-order valence-corrected chi connectivity index (χ4v) is 2.65. The van der Waals surface area contributed by atoms with E-state index in [-0.39, 0.29) is 0 Å². The van der Waals surface area contributed by atoms with Crippen molar-refractivity contribution in [3.8, 4) is 11.3 Å². The number of nitrogens with zero attached hydrogens (tertiary/aromatic N) is 1. The Hall–Kier alpha value is -1.44. The fourth-order valence-electron chi connectivity index (χ4n) is 2.25. The zero-order chi connectivity index (χ0) is 12.7. The van der Waals surface area contributed by atoms with Crippen LogP contribution in [0.1, 0.15) is 0 Å². The predicted molar refractivity (Wildman–Crippen MR) is 78.4 cm³/mol. The Bertz CT molecular complexity index is 728. The SMILES string of the molecule is Cn1c(-c2cccc(Cl)c2Cl)cc2ccccc21. The van der Waals surface area contributed by atoms with Crippen molar-refractivity contribution in [1.82, 2.24) is 4.57 Å². The molecule has 2 aromatic carbocycles. The van der Waals surface area contributed by atoms with Gasteiger partial charge in [0, 0.05) is 23.5 Å². The lowest BCUT2D eigenvalue weighted by molar-refractivity contribution is 0.978. The molecule has 3 aromatic rings. The highest BCUT2D eigenvalue weighted by Gasteiger charge is 2.12. The molecule has 0 atom stereocenters. The minimum Gasteiger partial charge on any atom is -0.344 e. The molecule has 0 N–H and O–H groups in total. The monoisotopic (exact) mass is 275 g/mol. The van der Waals surface area contributed by atoms with Crippen LogP contribution in [-0.2, 0) is 7.05 Å². The summed E-state index contributed by atoms with van der Waals surface area (Å²) in [5.74, 6) is 0. The maximum Gasteiger partial charge on any atom is 0.0685 e. The van der Waals surface area contributed by atoms with Gasteiger partial charge in [-0.05, 0) is 18.2 Å². The van der Waals surface area contributed by atoms with Gasteiger partial charge in [-0.1, -0.05) is 53.5 Å². The van der Waals surface area contributed by atoms with Crippen LogP contribution in [0, 0.1) is 0 Å². The van der Waals surface area contributed by atoms with Crippen LogP contribution >= 0.6 is 23.2 Å². The average Bonchev–Trinajstić information content (AvgIpc) is 2.71. The minimum atomic E-state index is 0.583. The lowest BCUT2D eigenvalue weighted by atomic mass is 10.1. The number of rotatable bonds is 1. The van der Waals surface area contributed by atoms with Crippen LogP contribution in [0.2, 0.25) is 10.0 Å². The summed E-state index contributed by atoms with van der Waals surface area (Å²) in [4.78, 5) is 0. The maximum absolute atomic E-state index is 6.28. The van der Waals surface area contributed by atoms with Crippen LogP contribution in [0.4, 0.5) is 0 Å². The van der Waals surface area contributed by atoms with Crippen molar-refractivity contribution < 1.29 is 0 Å². The molecule has 3 rings (SSSR count). The summed E-state index contributed by atoms with van der Waals surface area (Å²) < 4.78 is 2.13. The largest absolute Gasteiger partial charge is 0.344 e. The van der Waals surface area contributed by atoms with E-state index in [1.165, 1.54) is 10.9 Å². The number of halogens is 2. The highest BCUT2D eigenvalue weighted by molar-refractivity contribution is 6.43. The van der Waals surface area contributed by atoms with Crippen molar-refractivity contribution in [2.24, 2.45) is 7.05 Å². The van der Waals surface area contributed by atoms with Crippen molar-refractivity contribution in [3.05, 3.63) is 58.6 Å². The molecule has 1 aromatic heterocycles. The second-order valence-corrected chi connectivity index (χ2v) is 5.03. The summed E-state index contributed by atoms with van der Waals surface area (Å²) in [5.41, 5.74) is 3.22. The van der Waals surface area contributed by atoms with Gasteiger partial charge in [-0.3, -0.25) is 0 Å². The first-order valence-electron chi connectivity index (χ1n) is 5.67. The van der Waals surface area contributed by atoms with E-state index in [4.69, 9.17) is 23.2 Å². The number of fused-ring (bicyclic) bond motifs is 1. The molecule has 0 unspecified atom stereocenters. The molecule has 0 aliphatic heterocycles. The second kappa shape index (κ2) is 4.34. The normalized spacial score (nSPS) is 11.1. The second-order valence-electron chi connectivity index (χ2n) is 4.25. The maximum atomic E-state index is 6.28. The van der Waals surface area contributed by atoms with E-state index in [9.17, 15) is 0 Å². The van der Waals surface area contributed by atoms with E-state index in [1.54, 1.807) is 6.07 Å². The molecule has 0 fully saturated rings. The first-order valence-corrected chi connectivity index (χ1v) is 6.43. The third kappa shape index (κ3) is 1.71. The molecule has 90 valence electrons. The number of para-hydroxylation sites is 1. The molecule has 18 heavy (non-hydrogen) atoms. The van der Waals surface area contributed by atoms with Crippen LogP contribution in [0.15, 0.2) is 48.5 Å². The van der Waals surface area contributed by atoms with E-state index in [1.807, 2.05) is 31.3 Å². The third-order valence-corrected chi connectivity index (χ3v) is 4.00. The molecule has 0 saturated heterocycles. The van der Waals surface area contributed by atoms with Gasteiger partial charge in [-0.2, -0.15) is 0 Å². The molecule has 0 amide bonds. The average molecular weight is 276 g/mol.